The van der Waals surface area contributed by atoms with Crippen LogP contribution in [0, 0.1) is 0 Å². The van der Waals surface area contributed by atoms with Gasteiger partial charge in [-0.3, -0.25) is 4.79 Å². The summed E-state index contributed by atoms with van der Waals surface area (Å²) in [5, 5.41) is 0. The maximum absolute atomic E-state index is 12.5. The second kappa shape index (κ2) is 4.48. The van der Waals surface area contributed by atoms with E-state index in [0.717, 1.165) is 17.7 Å². The molecule has 2 aromatic rings. The lowest BCUT2D eigenvalue weighted by atomic mass is 9.80. The molecule has 0 saturated carbocycles. The first-order valence-electron chi connectivity index (χ1n) is 7.06. The quantitative estimate of drug-likeness (QED) is 0.803. The highest BCUT2D eigenvalue weighted by Gasteiger charge is 2.44. The molecule has 20 heavy (non-hydrogen) atoms. The van der Waals surface area contributed by atoms with Gasteiger partial charge in [0.1, 0.15) is 0 Å². The molecule has 0 saturated heterocycles. The Bertz CT molecular complexity index is 662. The van der Waals surface area contributed by atoms with Crippen molar-refractivity contribution in [3.63, 3.8) is 0 Å². The molecule has 2 aromatic carbocycles. The van der Waals surface area contributed by atoms with Crippen molar-refractivity contribution in [2.45, 2.75) is 25.7 Å². The fourth-order valence-corrected chi connectivity index (χ4v) is 3.02. The first kappa shape index (κ1) is 12.9. The van der Waals surface area contributed by atoms with E-state index in [9.17, 15) is 4.79 Å². The molecule has 1 heterocycles. The largest absolute Gasteiger partial charge is 0.314 e. The molecule has 1 aliphatic heterocycles. The summed E-state index contributed by atoms with van der Waals surface area (Å²) in [5.74, 6) is 0.195. The van der Waals surface area contributed by atoms with Crippen molar-refractivity contribution >= 4 is 11.6 Å². The van der Waals surface area contributed by atoms with Crippen molar-refractivity contribution in [2.75, 3.05) is 11.9 Å². The first-order valence-corrected chi connectivity index (χ1v) is 7.06. The summed E-state index contributed by atoms with van der Waals surface area (Å²) in [6, 6.07) is 16.6. The van der Waals surface area contributed by atoms with Crippen molar-refractivity contribution < 1.29 is 4.79 Å². The molecule has 1 aliphatic rings. The van der Waals surface area contributed by atoms with E-state index < -0.39 is 5.41 Å². The summed E-state index contributed by atoms with van der Waals surface area (Å²) < 4.78 is 0. The fourth-order valence-electron chi connectivity index (χ4n) is 3.02. The van der Waals surface area contributed by atoms with Gasteiger partial charge in [0.15, 0.2) is 0 Å². The zero-order valence-electron chi connectivity index (χ0n) is 12.2. The van der Waals surface area contributed by atoms with Gasteiger partial charge in [0, 0.05) is 12.7 Å². The topological polar surface area (TPSA) is 20.3 Å². The van der Waals surface area contributed by atoms with Crippen molar-refractivity contribution in [3.05, 3.63) is 54.1 Å². The SMILES string of the molecule is CCC1(C)C(=O)N(C)c2ccc(-c3ccccc3)cc21. The average molecular weight is 265 g/mol. The van der Waals surface area contributed by atoms with Gasteiger partial charge in [-0.05, 0) is 42.2 Å². The number of carbonyl (C=O) groups excluding carboxylic acids is 1. The minimum absolute atomic E-state index is 0.195. The Morgan fingerprint density at radius 3 is 2.40 bits per heavy atom. The number of nitrogens with zero attached hydrogens (tertiary/aromatic N) is 1. The molecule has 0 N–H and O–H groups in total. The first-order chi connectivity index (χ1) is 9.58. The van der Waals surface area contributed by atoms with Gasteiger partial charge < -0.3 is 4.90 Å². The Balaban J connectivity index is 2.17. The molecule has 0 aromatic heterocycles. The zero-order chi connectivity index (χ0) is 14.3. The van der Waals surface area contributed by atoms with Crippen LogP contribution in [0.2, 0.25) is 0 Å². The number of likely N-dealkylation sites (N-methyl/N-ethyl adjacent to an activating group) is 1. The van der Waals surface area contributed by atoms with Crippen molar-refractivity contribution in [3.8, 4) is 11.1 Å². The summed E-state index contributed by atoms with van der Waals surface area (Å²) in [6.07, 6.45) is 0.821. The van der Waals surface area contributed by atoms with Gasteiger partial charge >= 0.3 is 0 Å². The minimum Gasteiger partial charge on any atom is -0.314 e. The lowest BCUT2D eigenvalue weighted by molar-refractivity contribution is -0.122. The third kappa shape index (κ3) is 1.68. The molecule has 2 nitrogen and oxygen atoms in total. The van der Waals surface area contributed by atoms with Gasteiger partial charge in [-0.15, -0.1) is 0 Å². The Hall–Kier alpha value is -2.09. The van der Waals surface area contributed by atoms with Gasteiger partial charge in [-0.1, -0.05) is 43.3 Å². The molecule has 1 amide bonds. The summed E-state index contributed by atoms with van der Waals surface area (Å²) in [5.41, 5.74) is 4.16. The molecular weight excluding hydrogens is 246 g/mol. The maximum Gasteiger partial charge on any atom is 0.237 e. The monoisotopic (exact) mass is 265 g/mol. The second-order valence-electron chi connectivity index (χ2n) is 5.65. The maximum atomic E-state index is 12.5. The fraction of sp³-hybridized carbons (Fsp3) is 0.278. The summed E-state index contributed by atoms with van der Waals surface area (Å²) in [6.45, 7) is 4.13. The Morgan fingerprint density at radius 2 is 1.75 bits per heavy atom. The number of benzene rings is 2. The zero-order valence-corrected chi connectivity index (χ0v) is 12.2. The van der Waals surface area contributed by atoms with Gasteiger partial charge in [0.25, 0.3) is 0 Å². The third-order valence-electron chi connectivity index (χ3n) is 4.54. The highest BCUT2D eigenvalue weighted by atomic mass is 16.2. The normalized spacial score (nSPS) is 21.1. The van der Waals surface area contributed by atoms with Crippen LogP contribution in [-0.4, -0.2) is 13.0 Å². The number of rotatable bonds is 2. The molecule has 102 valence electrons. The number of anilines is 1. The molecule has 1 atom stereocenters. The molecule has 0 bridgehead atoms. The number of amides is 1. The third-order valence-corrected chi connectivity index (χ3v) is 4.54. The van der Waals surface area contributed by atoms with Gasteiger partial charge in [-0.25, -0.2) is 0 Å². The van der Waals surface area contributed by atoms with Crippen LogP contribution in [0.25, 0.3) is 11.1 Å². The van der Waals surface area contributed by atoms with Crippen LogP contribution in [0.4, 0.5) is 5.69 Å². The Kier molecular flexibility index (Phi) is 2.89. The van der Waals surface area contributed by atoms with Gasteiger partial charge in [-0.2, -0.15) is 0 Å². The molecule has 0 spiro atoms. The predicted molar refractivity (Wildman–Crippen MR) is 82.9 cm³/mol. The highest BCUT2D eigenvalue weighted by molar-refractivity contribution is 6.07. The van der Waals surface area contributed by atoms with E-state index in [1.54, 1.807) is 4.90 Å². The number of hydrogen-bond acceptors (Lipinski definition) is 1. The number of carbonyl (C=O) groups is 1. The van der Waals surface area contributed by atoms with Crippen LogP contribution >= 0.6 is 0 Å². The summed E-state index contributed by atoms with van der Waals surface area (Å²) in [4.78, 5) is 14.3. The van der Waals surface area contributed by atoms with Crippen LogP contribution < -0.4 is 4.90 Å². The standard InChI is InChI=1S/C18H19NO/c1-4-18(2)15-12-14(13-8-6-5-7-9-13)10-11-16(15)19(3)17(18)20/h5-12H,4H2,1-3H3. The molecule has 0 aliphatic carbocycles. The van der Waals surface area contributed by atoms with E-state index in [-0.39, 0.29) is 5.91 Å². The Morgan fingerprint density at radius 1 is 1.05 bits per heavy atom. The van der Waals surface area contributed by atoms with Gasteiger partial charge in [0.05, 0.1) is 5.41 Å². The average Bonchev–Trinajstić information content (AvgIpc) is 2.70. The van der Waals surface area contributed by atoms with Crippen LogP contribution in [0.1, 0.15) is 25.8 Å². The van der Waals surface area contributed by atoms with Crippen molar-refractivity contribution in [1.29, 1.82) is 0 Å². The van der Waals surface area contributed by atoms with E-state index in [4.69, 9.17) is 0 Å². The van der Waals surface area contributed by atoms with Crippen LogP contribution in [0.15, 0.2) is 48.5 Å². The van der Waals surface area contributed by atoms with Crippen molar-refractivity contribution in [1.82, 2.24) is 0 Å². The molecule has 3 rings (SSSR count). The highest BCUT2D eigenvalue weighted by Crippen LogP contribution is 2.44. The predicted octanol–water partition coefficient (Wildman–Crippen LogP) is 4.00. The molecule has 0 fully saturated rings. The molecule has 2 heteroatoms. The molecule has 1 unspecified atom stereocenters. The number of fused-ring (bicyclic) bond motifs is 1. The molecule has 0 radical (unpaired) electrons. The van der Waals surface area contributed by atoms with E-state index >= 15 is 0 Å². The molecular formula is C18H19NO. The van der Waals surface area contributed by atoms with Crippen LogP contribution in [-0.2, 0) is 10.2 Å². The lowest BCUT2D eigenvalue weighted by Gasteiger charge is -2.21. The van der Waals surface area contributed by atoms with E-state index in [1.165, 1.54) is 11.1 Å². The second-order valence-corrected chi connectivity index (χ2v) is 5.65. The number of hydrogen-bond donors (Lipinski definition) is 0. The van der Waals surface area contributed by atoms with E-state index in [2.05, 4.69) is 37.3 Å². The summed E-state index contributed by atoms with van der Waals surface area (Å²) in [7, 11) is 1.87. The van der Waals surface area contributed by atoms with Crippen LogP contribution in [0.5, 0.6) is 0 Å². The Labute approximate surface area is 120 Å². The minimum atomic E-state index is -0.394. The van der Waals surface area contributed by atoms with Gasteiger partial charge in [0.2, 0.25) is 5.91 Å². The van der Waals surface area contributed by atoms with E-state index in [0.29, 0.717) is 0 Å². The lowest BCUT2D eigenvalue weighted by Crippen LogP contribution is -2.35. The van der Waals surface area contributed by atoms with Crippen LogP contribution in [0.3, 0.4) is 0 Å². The van der Waals surface area contributed by atoms with E-state index in [1.807, 2.05) is 32.2 Å². The smallest absolute Gasteiger partial charge is 0.237 e. The van der Waals surface area contributed by atoms with Crippen molar-refractivity contribution in [2.24, 2.45) is 0 Å². The summed E-state index contributed by atoms with van der Waals surface area (Å²) >= 11 is 0.